The summed E-state index contributed by atoms with van der Waals surface area (Å²) in [5.41, 5.74) is 6.09. The number of benzene rings is 2. The van der Waals surface area contributed by atoms with Crippen LogP contribution in [-0.2, 0) is 14.3 Å². The standard InChI is InChI=1S/C22H20O3/c1-3-11(2)12-8-9-15-16(10-12)18-14-7-5-4-6-13(14)17(15)19-20(18)22(24)25-21(19)23/h4-11,17-20H,3H2,1-2H3/t11-,17+,18+,19+,20-/m1/s1. The van der Waals surface area contributed by atoms with Gasteiger partial charge in [-0.1, -0.05) is 56.3 Å². The second-order valence-corrected chi connectivity index (χ2v) is 7.57. The molecule has 5 atom stereocenters. The highest BCUT2D eigenvalue weighted by Crippen LogP contribution is 2.60. The first-order valence-electron chi connectivity index (χ1n) is 9.10. The largest absolute Gasteiger partial charge is 0.393 e. The van der Waals surface area contributed by atoms with Crippen LogP contribution in [0.3, 0.4) is 0 Å². The molecular formula is C22H20O3. The van der Waals surface area contributed by atoms with Gasteiger partial charge < -0.3 is 4.74 Å². The summed E-state index contributed by atoms with van der Waals surface area (Å²) in [5, 5.41) is 0. The van der Waals surface area contributed by atoms with Gasteiger partial charge in [-0.05, 0) is 40.2 Å². The van der Waals surface area contributed by atoms with E-state index in [1.807, 2.05) is 12.1 Å². The summed E-state index contributed by atoms with van der Waals surface area (Å²) in [6, 6.07) is 14.9. The first kappa shape index (κ1) is 14.9. The molecule has 0 unspecified atom stereocenters. The zero-order chi connectivity index (χ0) is 17.3. The lowest BCUT2D eigenvalue weighted by molar-refractivity contribution is -0.153. The molecule has 0 saturated carbocycles. The molecule has 0 radical (unpaired) electrons. The van der Waals surface area contributed by atoms with Gasteiger partial charge in [-0.25, -0.2) is 0 Å². The van der Waals surface area contributed by atoms with Crippen molar-refractivity contribution in [2.45, 2.75) is 38.0 Å². The van der Waals surface area contributed by atoms with Crippen LogP contribution in [0, 0.1) is 11.8 Å². The number of cyclic esters (lactones) is 2. The second-order valence-electron chi connectivity index (χ2n) is 7.57. The molecule has 0 spiro atoms. The van der Waals surface area contributed by atoms with E-state index in [0.29, 0.717) is 5.92 Å². The molecule has 0 amide bonds. The molecule has 0 aromatic heterocycles. The van der Waals surface area contributed by atoms with Crippen molar-refractivity contribution in [3.8, 4) is 0 Å². The number of carbonyl (C=O) groups excluding carboxylic acids is 2. The summed E-state index contributed by atoms with van der Waals surface area (Å²) in [6.07, 6.45) is 1.08. The number of hydrogen-bond acceptors (Lipinski definition) is 3. The van der Waals surface area contributed by atoms with Crippen molar-refractivity contribution < 1.29 is 14.3 Å². The fourth-order valence-electron chi connectivity index (χ4n) is 5.09. The molecule has 1 heterocycles. The van der Waals surface area contributed by atoms with E-state index in [2.05, 4.69) is 44.2 Å². The number of ether oxygens (including phenoxy) is 1. The minimum atomic E-state index is -0.368. The summed E-state index contributed by atoms with van der Waals surface area (Å²) in [4.78, 5) is 24.9. The molecule has 25 heavy (non-hydrogen) atoms. The van der Waals surface area contributed by atoms with Gasteiger partial charge in [-0.3, -0.25) is 9.59 Å². The minimum Gasteiger partial charge on any atom is -0.393 e. The Morgan fingerprint density at radius 1 is 0.880 bits per heavy atom. The van der Waals surface area contributed by atoms with Crippen LogP contribution in [0.5, 0.6) is 0 Å². The van der Waals surface area contributed by atoms with E-state index >= 15 is 0 Å². The van der Waals surface area contributed by atoms with Crippen molar-refractivity contribution in [3.63, 3.8) is 0 Å². The molecule has 0 N–H and O–H groups in total. The predicted molar refractivity (Wildman–Crippen MR) is 93.4 cm³/mol. The van der Waals surface area contributed by atoms with Gasteiger partial charge in [0.05, 0.1) is 11.8 Å². The molecule has 2 aromatic carbocycles. The van der Waals surface area contributed by atoms with Crippen molar-refractivity contribution >= 4 is 11.9 Å². The Hall–Kier alpha value is -2.42. The molecule has 3 nitrogen and oxygen atoms in total. The third-order valence-corrected chi connectivity index (χ3v) is 6.48. The fourth-order valence-corrected chi connectivity index (χ4v) is 5.09. The highest BCUT2D eigenvalue weighted by atomic mass is 16.6. The van der Waals surface area contributed by atoms with Gasteiger partial charge >= 0.3 is 11.9 Å². The molecule has 1 saturated heterocycles. The maximum Gasteiger partial charge on any atom is 0.318 e. The molecule has 6 rings (SSSR count). The van der Waals surface area contributed by atoms with Crippen LogP contribution in [0.15, 0.2) is 42.5 Å². The van der Waals surface area contributed by atoms with Crippen molar-refractivity contribution in [3.05, 3.63) is 70.3 Å². The van der Waals surface area contributed by atoms with Gasteiger partial charge in [0.15, 0.2) is 0 Å². The van der Waals surface area contributed by atoms with Crippen LogP contribution in [0.2, 0.25) is 0 Å². The van der Waals surface area contributed by atoms with Gasteiger partial charge in [-0.15, -0.1) is 0 Å². The SMILES string of the molecule is CC[C@@H](C)c1ccc2c(c1)[C@@H]1c3ccccc3[C@@H]2[C@@H]2C(=O)OC(=O)[C@H]12. The number of hydrogen-bond donors (Lipinski definition) is 0. The molecule has 2 bridgehead atoms. The monoisotopic (exact) mass is 332 g/mol. The third-order valence-electron chi connectivity index (χ3n) is 6.48. The topological polar surface area (TPSA) is 43.4 Å². The van der Waals surface area contributed by atoms with E-state index < -0.39 is 0 Å². The highest BCUT2D eigenvalue weighted by molar-refractivity contribution is 6.00. The maximum atomic E-state index is 12.5. The quantitative estimate of drug-likeness (QED) is 0.614. The highest BCUT2D eigenvalue weighted by Gasteiger charge is 2.60. The minimum absolute atomic E-state index is 0.0638. The lowest BCUT2D eigenvalue weighted by atomic mass is 9.54. The van der Waals surface area contributed by atoms with E-state index in [0.717, 1.165) is 6.42 Å². The molecule has 1 aliphatic heterocycles. The van der Waals surface area contributed by atoms with Gasteiger partial charge in [0.25, 0.3) is 0 Å². The number of carbonyl (C=O) groups is 2. The summed E-state index contributed by atoms with van der Waals surface area (Å²) in [5.74, 6) is -1.08. The smallest absolute Gasteiger partial charge is 0.318 e. The average Bonchev–Trinajstić information content (AvgIpc) is 2.95. The zero-order valence-corrected chi connectivity index (χ0v) is 14.4. The number of rotatable bonds is 2. The summed E-state index contributed by atoms with van der Waals surface area (Å²) < 4.78 is 5.07. The Labute approximate surface area is 147 Å². The average molecular weight is 332 g/mol. The lowest BCUT2D eigenvalue weighted by Crippen LogP contribution is -2.41. The molecule has 126 valence electrons. The zero-order valence-electron chi connectivity index (χ0n) is 14.4. The Morgan fingerprint density at radius 3 is 2.04 bits per heavy atom. The van der Waals surface area contributed by atoms with Crippen LogP contribution in [0.25, 0.3) is 0 Å². The Bertz CT molecular complexity index is 913. The molecule has 3 aliphatic carbocycles. The van der Waals surface area contributed by atoms with Gasteiger partial charge in [0, 0.05) is 11.8 Å². The number of esters is 2. The first-order valence-corrected chi connectivity index (χ1v) is 9.10. The van der Waals surface area contributed by atoms with Crippen molar-refractivity contribution in [1.82, 2.24) is 0 Å². The normalized spacial score (nSPS) is 29.7. The van der Waals surface area contributed by atoms with Gasteiger partial charge in [-0.2, -0.15) is 0 Å². The van der Waals surface area contributed by atoms with Gasteiger partial charge in [0.1, 0.15) is 0 Å². The predicted octanol–water partition coefficient (Wildman–Crippen LogP) is 4.11. The summed E-state index contributed by atoms with van der Waals surface area (Å²) in [6.45, 7) is 4.42. The molecular weight excluding hydrogens is 312 g/mol. The van der Waals surface area contributed by atoms with Crippen LogP contribution in [-0.4, -0.2) is 11.9 Å². The van der Waals surface area contributed by atoms with E-state index in [9.17, 15) is 9.59 Å². The Kier molecular flexibility index (Phi) is 3.00. The second kappa shape index (κ2) is 5.04. The van der Waals surface area contributed by atoms with Crippen LogP contribution in [0.4, 0.5) is 0 Å². The van der Waals surface area contributed by atoms with E-state index in [1.54, 1.807) is 0 Å². The Morgan fingerprint density at radius 2 is 1.44 bits per heavy atom. The van der Waals surface area contributed by atoms with E-state index in [4.69, 9.17) is 4.74 Å². The van der Waals surface area contributed by atoms with E-state index in [-0.39, 0.29) is 35.6 Å². The maximum absolute atomic E-state index is 12.5. The van der Waals surface area contributed by atoms with Crippen molar-refractivity contribution in [2.24, 2.45) is 11.8 Å². The third kappa shape index (κ3) is 1.81. The Balaban J connectivity index is 1.77. The lowest BCUT2D eigenvalue weighted by Gasteiger charge is -2.45. The summed E-state index contributed by atoms with van der Waals surface area (Å²) >= 11 is 0. The molecule has 4 aliphatic rings. The van der Waals surface area contributed by atoms with Crippen molar-refractivity contribution in [1.29, 1.82) is 0 Å². The van der Waals surface area contributed by atoms with Crippen LogP contribution >= 0.6 is 0 Å². The van der Waals surface area contributed by atoms with Crippen LogP contribution < -0.4 is 0 Å². The summed E-state index contributed by atoms with van der Waals surface area (Å²) in [7, 11) is 0. The van der Waals surface area contributed by atoms with Crippen LogP contribution in [0.1, 0.15) is 65.8 Å². The molecule has 3 heteroatoms. The van der Waals surface area contributed by atoms with E-state index in [1.165, 1.54) is 27.8 Å². The molecule has 1 fully saturated rings. The van der Waals surface area contributed by atoms with Crippen molar-refractivity contribution in [2.75, 3.05) is 0 Å². The van der Waals surface area contributed by atoms with Gasteiger partial charge in [0.2, 0.25) is 0 Å². The first-order chi connectivity index (χ1) is 12.1. The molecule has 2 aromatic rings. The fraction of sp³-hybridized carbons (Fsp3) is 0.364.